The van der Waals surface area contributed by atoms with Gasteiger partial charge in [-0.05, 0) is 36.1 Å². The number of hydrogen-bond acceptors (Lipinski definition) is 2. The summed E-state index contributed by atoms with van der Waals surface area (Å²) in [5.74, 6) is 0.818. The third kappa shape index (κ3) is 4.48. The van der Waals surface area contributed by atoms with Crippen molar-refractivity contribution in [3.63, 3.8) is 0 Å². The van der Waals surface area contributed by atoms with E-state index in [0.29, 0.717) is 0 Å². The van der Waals surface area contributed by atoms with Crippen molar-refractivity contribution in [2.75, 3.05) is 17.7 Å². The maximum Gasteiger partial charge on any atom is 0.148 e. The molecule has 2 rings (SSSR count). The standard InChI is InChI=1S/C21H27N3/c1-6-18(23-16-12-8-7-9-13-16)20(22-5)24-19-15-11-10-14-17(19)21(2,3)4/h6-15,23H,1-5H3,(H,22,24)/b18-6+. The number of rotatable bonds is 4. The Morgan fingerprint density at radius 2 is 1.54 bits per heavy atom. The zero-order valence-corrected chi connectivity index (χ0v) is 15.2. The molecule has 0 aliphatic carbocycles. The molecule has 0 spiro atoms. The Balaban J connectivity index is 2.27. The van der Waals surface area contributed by atoms with E-state index in [9.17, 15) is 0 Å². The van der Waals surface area contributed by atoms with Crippen molar-refractivity contribution in [3.8, 4) is 0 Å². The van der Waals surface area contributed by atoms with Crippen molar-refractivity contribution in [3.05, 3.63) is 71.9 Å². The highest BCUT2D eigenvalue weighted by Crippen LogP contribution is 2.29. The molecule has 2 aromatic carbocycles. The number of anilines is 2. The van der Waals surface area contributed by atoms with Gasteiger partial charge in [-0.1, -0.05) is 63.2 Å². The molecular weight excluding hydrogens is 294 g/mol. The van der Waals surface area contributed by atoms with Crippen LogP contribution in [0.25, 0.3) is 0 Å². The number of para-hydroxylation sites is 2. The van der Waals surface area contributed by atoms with E-state index in [-0.39, 0.29) is 5.41 Å². The van der Waals surface area contributed by atoms with Gasteiger partial charge in [0.15, 0.2) is 0 Å². The lowest BCUT2D eigenvalue weighted by atomic mass is 9.86. The molecule has 2 aromatic rings. The van der Waals surface area contributed by atoms with E-state index < -0.39 is 0 Å². The number of nitrogens with zero attached hydrogens (tertiary/aromatic N) is 1. The normalized spacial score (nSPS) is 12.9. The maximum atomic E-state index is 4.45. The fraction of sp³-hybridized carbons (Fsp3) is 0.286. The predicted molar refractivity (Wildman–Crippen MR) is 106 cm³/mol. The molecule has 24 heavy (non-hydrogen) atoms. The Kier molecular flexibility index (Phi) is 5.80. The molecule has 3 nitrogen and oxygen atoms in total. The van der Waals surface area contributed by atoms with Crippen molar-refractivity contribution in [1.29, 1.82) is 0 Å². The van der Waals surface area contributed by atoms with E-state index >= 15 is 0 Å². The molecule has 0 amide bonds. The first-order valence-electron chi connectivity index (χ1n) is 8.27. The zero-order valence-electron chi connectivity index (χ0n) is 15.2. The zero-order chi connectivity index (χ0) is 17.6. The molecule has 0 aromatic heterocycles. The summed E-state index contributed by atoms with van der Waals surface area (Å²) in [5, 5.41) is 6.92. The Bertz CT molecular complexity index is 722. The van der Waals surface area contributed by atoms with Gasteiger partial charge in [0.2, 0.25) is 0 Å². The summed E-state index contributed by atoms with van der Waals surface area (Å²) in [6, 6.07) is 18.5. The average Bonchev–Trinajstić information content (AvgIpc) is 2.58. The summed E-state index contributed by atoms with van der Waals surface area (Å²) in [6.45, 7) is 8.66. The molecule has 0 saturated heterocycles. The molecule has 0 unspecified atom stereocenters. The van der Waals surface area contributed by atoms with Crippen LogP contribution in [0.3, 0.4) is 0 Å². The van der Waals surface area contributed by atoms with Crippen molar-refractivity contribution < 1.29 is 0 Å². The Hall–Kier alpha value is -2.55. The second-order valence-corrected chi connectivity index (χ2v) is 6.69. The number of aliphatic imine (C=N–C) groups is 1. The summed E-state index contributed by atoms with van der Waals surface area (Å²) in [4.78, 5) is 4.45. The van der Waals surface area contributed by atoms with Crippen molar-refractivity contribution in [2.45, 2.75) is 33.1 Å². The Morgan fingerprint density at radius 1 is 0.917 bits per heavy atom. The van der Waals surface area contributed by atoms with Gasteiger partial charge in [-0.15, -0.1) is 0 Å². The van der Waals surface area contributed by atoms with Gasteiger partial charge >= 0.3 is 0 Å². The van der Waals surface area contributed by atoms with Crippen LogP contribution in [0.1, 0.15) is 33.3 Å². The third-order valence-corrected chi connectivity index (χ3v) is 3.81. The smallest absolute Gasteiger partial charge is 0.148 e. The predicted octanol–water partition coefficient (Wildman–Crippen LogP) is 5.44. The van der Waals surface area contributed by atoms with Crippen LogP contribution < -0.4 is 10.6 Å². The average molecular weight is 321 g/mol. The number of allylic oxidation sites excluding steroid dienone is 1. The minimum Gasteiger partial charge on any atom is -0.353 e. The lowest BCUT2D eigenvalue weighted by molar-refractivity contribution is 0.592. The van der Waals surface area contributed by atoms with E-state index in [4.69, 9.17) is 0 Å². The molecule has 3 heteroatoms. The van der Waals surface area contributed by atoms with Gasteiger partial charge in [0, 0.05) is 18.4 Å². The highest BCUT2D eigenvalue weighted by atomic mass is 15.1. The lowest BCUT2D eigenvalue weighted by Crippen LogP contribution is -2.23. The van der Waals surface area contributed by atoms with Gasteiger partial charge in [-0.3, -0.25) is 4.99 Å². The number of amidine groups is 1. The van der Waals surface area contributed by atoms with Gasteiger partial charge in [0.05, 0.1) is 5.70 Å². The molecule has 0 fully saturated rings. The molecule has 0 saturated carbocycles. The molecular formula is C21H27N3. The fourth-order valence-corrected chi connectivity index (χ4v) is 2.56. The Labute approximate surface area is 145 Å². The SMILES string of the molecule is C/C=C(Nc1ccccc1)\C(=N/C)Nc1ccccc1C(C)(C)C. The van der Waals surface area contributed by atoms with Crippen molar-refractivity contribution in [1.82, 2.24) is 0 Å². The highest BCUT2D eigenvalue weighted by molar-refractivity contribution is 6.10. The monoisotopic (exact) mass is 321 g/mol. The second-order valence-electron chi connectivity index (χ2n) is 6.69. The van der Waals surface area contributed by atoms with Crippen LogP contribution in [-0.4, -0.2) is 12.9 Å². The van der Waals surface area contributed by atoms with E-state index in [0.717, 1.165) is 22.9 Å². The largest absolute Gasteiger partial charge is 0.353 e. The van der Waals surface area contributed by atoms with Crippen LogP contribution in [0.2, 0.25) is 0 Å². The van der Waals surface area contributed by atoms with Crippen molar-refractivity contribution in [2.24, 2.45) is 4.99 Å². The van der Waals surface area contributed by atoms with Gasteiger partial charge < -0.3 is 10.6 Å². The van der Waals surface area contributed by atoms with Crippen LogP contribution in [0, 0.1) is 0 Å². The molecule has 0 aliphatic heterocycles. The number of hydrogen-bond donors (Lipinski definition) is 2. The minimum absolute atomic E-state index is 0.0609. The molecule has 0 bridgehead atoms. The number of nitrogens with one attached hydrogen (secondary N) is 2. The summed E-state index contributed by atoms with van der Waals surface area (Å²) >= 11 is 0. The molecule has 2 N–H and O–H groups in total. The highest BCUT2D eigenvalue weighted by Gasteiger charge is 2.18. The molecule has 0 aliphatic rings. The fourth-order valence-electron chi connectivity index (χ4n) is 2.56. The van der Waals surface area contributed by atoms with Crippen LogP contribution in [0.4, 0.5) is 11.4 Å². The first-order chi connectivity index (χ1) is 11.5. The minimum atomic E-state index is 0.0609. The van der Waals surface area contributed by atoms with Crippen LogP contribution in [0.15, 0.2) is 71.4 Å². The van der Waals surface area contributed by atoms with Gasteiger partial charge in [0.1, 0.15) is 5.84 Å². The first kappa shape index (κ1) is 17.8. The molecule has 126 valence electrons. The van der Waals surface area contributed by atoms with Crippen molar-refractivity contribution >= 4 is 17.2 Å². The second kappa shape index (κ2) is 7.82. The van der Waals surface area contributed by atoms with Crippen LogP contribution in [-0.2, 0) is 5.41 Å². The Morgan fingerprint density at radius 3 is 2.12 bits per heavy atom. The molecule has 0 heterocycles. The van der Waals surface area contributed by atoms with Gasteiger partial charge in [0.25, 0.3) is 0 Å². The molecule has 0 radical (unpaired) electrons. The number of benzene rings is 2. The van der Waals surface area contributed by atoms with Gasteiger partial charge in [-0.2, -0.15) is 0 Å². The van der Waals surface area contributed by atoms with E-state index in [2.05, 4.69) is 54.6 Å². The van der Waals surface area contributed by atoms with Gasteiger partial charge in [-0.25, -0.2) is 0 Å². The lowest BCUT2D eigenvalue weighted by Gasteiger charge is -2.24. The van der Waals surface area contributed by atoms with E-state index in [1.54, 1.807) is 7.05 Å². The third-order valence-electron chi connectivity index (χ3n) is 3.81. The van der Waals surface area contributed by atoms with E-state index in [1.165, 1.54) is 5.56 Å². The summed E-state index contributed by atoms with van der Waals surface area (Å²) < 4.78 is 0. The van der Waals surface area contributed by atoms with E-state index in [1.807, 2.05) is 49.4 Å². The maximum absolute atomic E-state index is 4.45. The quantitative estimate of drug-likeness (QED) is 0.581. The first-order valence-corrected chi connectivity index (χ1v) is 8.27. The van der Waals surface area contributed by atoms with Crippen LogP contribution >= 0.6 is 0 Å². The molecule has 0 atom stereocenters. The summed E-state index contributed by atoms with van der Waals surface area (Å²) in [7, 11) is 1.80. The summed E-state index contributed by atoms with van der Waals surface area (Å²) in [6.07, 6.45) is 2.03. The van der Waals surface area contributed by atoms with Crippen LogP contribution in [0.5, 0.6) is 0 Å². The topological polar surface area (TPSA) is 36.4 Å². The summed E-state index contributed by atoms with van der Waals surface area (Å²) in [5.41, 5.74) is 4.40.